The number of methoxy groups -OCH3 is 1. The highest BCUT2D eigenvalue weighted by Gasteiger charge is 2.30. The van der Waals surface area contributed by atoms with Crippen LogP contribution in [0.5, 0.6) is 5.75 Å². The molecule has 0 radical (unpaired) electrons. The van der Waals surface area contributed by atoms with Crippen LogP contribution in [0.4, 0.5) is 0 Å². The summed E-state index contributed by atoms with van der Waals surface area (Å²) in [4.78, 5) is 3.25. The van der Waals surface area contributed by atoms with E-state index in [2.05, 4.69) is 11.8 Å². The topological polar surface area (TPSA) is 64.3 Å². The number of hydrogen-bond acceptors (Lipinski definition) is 3. The molecule has 1 atom stereocenters. The molecule has 2 aromatic carbocycles. The smallest absolute Gasteiger partial charge is 0.240 e. The van der Waals surface area contributed by atoms with E-state index in [-0.39, 0.29) is 6.04 Å². The van der Waals surface area contributed by atoms with Crippen molar-refractivity contribution in [1.29, 1.82) is 0 Å². The van der Waals surface area contributed by atoms with Gasteiger partial charge in [0.1, 0.15) is 38.0 Å². The lowest BCUT2D eigenvalue weighted by Crippen LogP contribution is -3.27. The summed E-state index contributed by atoms with van der Waals surface area (Å²) in [6.07, 6.45) is 0. The summed E-state index contributed by atoms with van der Waals surface area (Å²) in [5.74, 6) is 0.806. The van der Waals surface area contributed by atoms with Gasteiger partial charge in [-0.15, -0.1) is 0 Å². The highest BCUT2D eigenvalue weighted by Crippen LogP contribution is 2.16. The van der Waals surface area contributed by atoms with E-state index in [1.54, 1.807) is 31.4 Å². The second-order valence-electron chi connectivity index (χ2n) is 7.11. The summed E-state index contributed by atoms with van der Waals surface area (Å²) in [5.41, 5.74) is 1.13. The van der Waals surface area contributed by atoms with E-state index in [1.807, 2.05) is 30.3 Å². The predicted molar refractivity (Wildman–Crippen MR) is 105 cm³/mol. The lowest BCUT2D eigenvalue weighted by molar-refractivity contribution is -1.02. The van der Waals surface area contributed by atoms with Crippen molar-refractivity contribution in [2.75, 3.05) is 46.9 Å². The molecule has 1 aliphatic heterocycles. The molecule has 27 heavy (non-hydrogen) atoms. The van der Waals surface area contributed by atoms with Gasteiger partial charge in [-0.3, -0.25) is 0 Å². The van der Waals surface area contributed by atoms with Crippen LogP contribution in [0.15, 0.2) is 59.5 Å². The van der Waals surface area contributed by atoms with E-state index in [1.165, 1.54) is 9.80 Å². The largest absolute Gasteiger partial charge is 0.497 e. The maximum atomic E-state index is 12.7. The van der Waals surface area contributed by atoms with E-state index < -0.39 is 10.0 Å². The molecule has 6 nitrogen and oxygen atoms in total. The van der Waals surface area contributed by atoms with E-state index in [9.17, 15) is 8.42 Å². The fraction of sp³-hybridized carbons (Fsp3) is 0.400. The average molecular weight is 392 g/mol. The van der Waals surface area contributed by atoms with Crippen LogP contribution in [-0.4, -0.2) is 55.3 Å². The van der Waals surface area contributed by atoms with Gasteiger partial charge in [0.15, 0.2) is 0 Å². The zero-order valence-electron chi connectivity index (χ0n) is 15.9. The standard InChI is InChI=1S/C20H27N3O3S/c1-22-12-14-23(15-13-22)20(17-8-10-18(26-2)11-9-17)16-21-27(24,25)19-6-4-3-5-7-19/h3-11,20-21H,12-16H2,1-2H3/p+2/t20-/m1/s1. The Hall–Kier alpha value is -1.93. The Morgan fingerprint density at radius 3 is 2.22 bits per heavy atom. The summed E-state index contributed by atoms with van der Waals surface area (Å²) in [7, 11) is 0.335. The van der Waals surface area contributed by atoms with Crippen LogP contribution < -0.4 is 19.3 Å². The van der Waals surface area contributed by atoms with Crippen LogP contribution in [0.1, 0.15) is 11.6 Å². The number of ether oxygens (including phenoxy) is 1. The van der Waals surface area contributed by atoms with Gasteiger partial charge in [0, 0.05) is 5.56 Å². The SMILES string of the molecule is COc1ccc([C@@H](CNS(=O)(=O)c2ccccc2)[NH+]2CC[NH+](C)CC2)cc1. The number of rotatable bonds is 7. The molecule has 0 bridgehead atoms. The summed E-state index contributed by atoms with van der Waals surface area (Å²) in [6, 6.07) is 16.6. The Morgan fingerprint density at radius 2 is 1.63 bits per heavy atom. The van der Waals surface area contributed by atoms with Crippen molar-refractivity contribution in [3.63, 3.8) is 0 Å². The number of hydrogen-bond donors (Lipinski definition) is 3. The molecule has 1 saturated heterocycles. The molecule has 0 spiro atoms. The second-order valence-corrected chi connectivity index (χ2v) is 8.87. The zero-order valence-corrected chi connectivity index (χ0v) is 16.8. The number of nitrogens with one attached hydrogen (secondary N) is 3. The Morgan fingerprint density at radius 1 is 1.00 bits per heavy atom. The molecule has 2 aromatic rings. The van der Waals surface area contributed by atoms with Gasteiger partial charge >= 0.3 is 0 Å². The number of sulfonamides is 1. The Kier molecular flexibility index (Phi) is 6.49. The van der Waals surface area contributed by atoms with Crippen molar-refractivity contribution >= 4 is 10.0 Å². The van der Waals surface area contributed by atoms with Gasteiger partial charge in [0.05, 0.1) is 25.6 Å². The van der Waals surface area contributed by atoms with Crippen molar-refractivity contribution in [3.8, 4) is 5.75 Å². The quantitative estimate of drug-likeness (QED) is 0.575. The third-order valence-corrected chi connectivity index (χ3v) is 6.73. The van der Waals surface area contributed by atoms with Gasteiger partial charge in [0.2, 0.25) is 10.0 Å². The summed E-state index contributed by atoms with van der Waals surface area (Å²) in [5, 5.41) is 0. The van der Waals surface area contributed by atoms with Gasteiger partial charge in [-0.05, 0) is 36.4 Å². The maximum Gasteiger partial charge on any atom is 0.240 e. The van der Waals surface area contributed by atoms with Gasteiger partial charge < -0.3 is 14.5 Å². The first kappa shape index (κ1) is 19.8. The third kappa shape index (κ3) is 5.07. The molecule has 0 aromatic heterocycles. The molecule has 1 fully saturated rings. The molecule has 7 heteroatoms. The van der Waals surface area contributed by atoms with Crippen LogP contribution in [0, 0.1) is 0 Å². The number of benzene rings is 2. The predicted octanol–water partition coefficient (Wildman–Crippen LogP) is -0.872. The molecular formula is C20H29N3O3S+2. The van der Waals surface area contributed by atoms with E-state index >= 15 is 0 Å². The highest BCUT2D eigenvalue weighted by molar-refractivity contribution is 7.89. The first-order chi connectivity index (χ1) is 13.0. The van der Waals surface area contributed by atoms with Crippen LogP contribution >= 0.6 is 0 Å². The first-order valence-corrected chi connectivity index (χ1v) is 10.8. The lowest BCUT2D eigenvalue weighted by atomic mass is 10.0. The minimum absolute atomic E-state index is 0.0718. The fourth-order valence-corrected chi connectivity index (χ4v) is 4.62. The molecular weight excluding hydrogens is 362 g/mol. The third-order valence-electron chi connectivity index (χ3n) is 5.29. The molecule has 146 valence electrons. The normalized spacial score (nSPS) is 21.6. The van der Waals surface area contributed by atoms with E-state index in [0.29, 0.717) is 11.4 Å². The van der Waals surface area contributed by atoms with Gasteiger partial charge in [-0.2, -0.15) is 0 Å². The molecule has 1 heterocycles. The van der Waals surface area contributed by atoms with Crippen molar-refractivity contribution in [2.45, 2.75) is 10.9 Å². The zero-order chi connectivity index (χ0) is 19.3. The Bertz CT molecular complexity index is 817. The van der Waals surface area contributed by atoms with Crippen molar-refractivity contribution < 1.29 is 23.0 Å². The van der Waals surface area contributed by atoms with Crippen LogP contribution in [0.2, 0.25) is 0 Å². The monoisotopic (exact) mass is 391 g/mol. The number of likely N-dealkylation sites (N-methyl/N-ethyl adjacent to an activating group) is 1. The van der Waals surface area contributed by atoms with Crippen molar-refractivity contribution in [3.05, 3.63) is 60.2 Å². The molecule has 0 amide bonds. The lowest BCUT2D eigenvalue weighted by Gasteiger charge is -2.33. The van der Waals surface area contributed by atoms with Gasteiger partial charge in [0.25, 0.3) is 0 Å². The number of piperazine rings is 1. The van der Waals surface area contributed by atoms with Crippen molar-refractivity contribution in [1.82, 2.24) is 4.72 Å². The molecule has 0 saturated carbocycles. The Labute approximate surface area is 161 Å². The number of quaternary nitrogens is 2. The Balaban J connectivity index is 1.79. The summed E-state index contributed by atoms with van der Waals surface area (Å²) >= 11 is 0. The van der Waals surface area contributed by atoms with Crippen LogP contribution in [0.25, 0.3) is 0 Å². The molecule has 3 rings (SSSR count). The molecule has 0 unspecified atom stereocenters. The van der Waals surface area contributed by atoms with E-state index in [0.717, 1.165) is 37.5 Å². The summed E-state index contributed by atoms with van der Waals surface area (Å²) in [6.45, 7) is 4.60. The first-order valence-electron chi connectivity index (χ1n) is 9.34. The average Bonchev–Trinajstić information content (AvgIpc) is 2.70. The minimum Gasteiger partial charge on any atom is -0.497 e. The fourth-order valence-electron chi connectivity index (χ4n) is 3.56. The summed E-state index contributed by atoms with van der Waals surface area (Å²) < 4.78 is 33.4. The maximum absolute atomic E-state index is 12.7. The minimum atomic E-state index is -3.52. The van der Waals surface area contributed by atoms with Crippen LogP contribution in [0.3, 0.4) is 0 Å². The second kappa shape index (κ2) is 8.84. The highest BCUT2D eigenvalue weighted by atomic mass is 32.2. The van der Waals surface area contributed by atoms with Crippen LogP contribution in [-0.2, 0) is 10.0 Å². The molecule has 0 aliphatic carbocycles. The molecule has 1 aliphatic rings. The van der Waals surface area contributed by atoms with Gasteiger partial charge in [-0.1, -0.05) is 18.2 Å². The van der Waals surface area contributed by atoms with E-state index in [4.69, 9.17) is 4.74 Å². The van der Waals surface area contributed by atoms with Gasteiger partial charge in [-0.25, -0.2) is 13.1 Å². The van der Waals surface area contributed by atoms with Crippen molar-refractivity contribution in [2.24, 2.45) is 0 Å². The molecule has 3 N–H and O–H groups in total.